The second-order valence-electron chi connectivity index (χ2n) is 6.74. The van der Waals surface area contributed by atoms with Crippen molar-refractivity contribution in [2.75, 3.05) is 11.9 Å². The average Bonchev–Trinajstić information content (AvgIpc) is 2.82. The Balaban J connectivity index is 1.67. The second-order valence-corrected chi connectivity index (χ2v) is 7.61. The van der Waals surface area contributed by atoms with Gasteiger partial charge >= 0.3 is 0 Å². The molecular formula is C26H18Cl2N2O3. The molecule has 0 fully saturated rings. The van der Waals surface area contributed by atoms with Crippen molar-refractivity contribution in [3.8, 4) is 29.9 Å². The number of benzene rings is 3. The second kappa shape index (κ2) is 11.6. The first-order valence-corrected chi connectivity index (χ1v) is 10.5. The van der Waals surface area contributed by atoms with E-state index in [0.717, 1.165) is 5.56 Å². The van der Waals surface area contributed by atoms with Crippen LogP contribution in [0.3, 0.4) is 0 Å². The van der Waals surface area contributed by atoms with Gasteiger partial charge in [0, 0.05) is 21.3 Å². The topological polar surface area (TPSA) is 71.3 Å². The molecule has 0 saturated heterocycles. The van der Waals surface area contributed by atoms with Crippen LogP contribution in [0.15, 0.2) is 72.3 Å². The highest BCUT2D eigenvalue weighted by atomic mass is 35.5. The summed E-state index contributed by atoms with van der Waals surface area (Å²) in [6.07, 6.45) is 6.64. The third-order valence-electron chi connectivity index (χ3n) is 4.38. The lowest BCUT2D eigenvalue weighted by Gasteiger charge is -2.09. The molecule has 164 valence electrons. The highest BCUT2D eigenvalue weighted by molar-refractivity contribution is 6.31. The number of nitriles is 1. The molecule has 0 aromatic heterocycles. The van der Waals surface area contributed by atoms with Gasteiger partial charge in [0.2, 0.25) is 0 Å². The number of nitrogens with one attached hydrogen (secondary N) is 1. The highest BCUT2D eigenvalue weighted by Gasteiger charge is 2.12. The van der Waals surface area contributed by atoms with Crippen LogP contribution in [0, 0.1) is 23.7 Å². The summed E-state index contributed by atoms with van der Waals surface area (Å²) in [6.45, 7) is 0.427. The summed E-state index contributed by atoms with van der Waals surface area (Å²) in [4.78, 5) is 12.6. The van der Waals surface area contributed by atoms with Gasteiger partial charge in [0.1, 0.15) is 36.4 Å². The number of carbonyl (C=O) groups is 1. The fourth-order valence-electron chi connectivity index (χ4n) is 2.77. The third kappa shape index (κ3) is 7.05. The Labute approximate surface area is 202 Å². The van der Waals surface area contributed by atoms with Gasteiger partial charge in [0.05, 0.1) is 0 Å². The Hall–Kier alpha value is -3.90. The van der Waals surface area contributed by atoms with E-state index in [2.05, 4.69) is 11.2 Å². The summed E-state index contributed by atoms with van der Waals surface area (Å²) in [7, 11) is 0. The molecule has 0 heterocycles. The number of ether oxygens (including phenoxy) is 2. The Morgan fingerprint density at radius 2 is 1.70 bits per heavy atom. The summed E-state index contributed by atoms with van der Waals surface area (Å²) in [5.74, 6) is 2.85. The maximum atomic E-state index is 12.6. The number of nitrogens with zero attached hydrogens (tertiary/aromatic N) is 1. The van der Waals surface area contributed by atoms with Gasteiger partial charge in [-0.2, -0.15) is 5.26 Å². The van der Waals surface area contributed by atoms with E-state index in [-0.39, 0.29) is 12.2 Å². The molecule has 3 rings (SSSR count). The van der Waals surface area contributed by atoms with Gasteiger partial charge in [-0.25, -0.2) is 0 Å². The van der Waals surface area contributed by atoms with Crippen LogP contribution in [0.25, 0.3) is 6.08 Å². The lowest BCUT2D eigenvalue weighted by Crippen LogP contribution is -2.13. The first kappa shape index (κ1) is 23.8. The van der Waals surface area contributed by atoms with Crippen LogP contribution in [0.1, 0.15) is 11.1 Å². The zero-order valence-electron chi connectivity index (χ0n) is 17.3. The molecule has 0 aliphatic rings. The Morgan fingerprint density at radius 3 is 2.36 bits per heavy atom. The highest BCUT2D eigenvalue weighted by Crippen LogP contribution is 2.26. The van der Waals surface area contributed by atoms with Gasteiger partial charge in [0.25, 0.3) is 5.91 Å². The van der Waals surface area contributed by atoms with Crippen molar-refractivity contribution in [1.82, 2.24) is 0 Å². The number of carbonyl (C=O) groups excluding carboxylic acids is 1. The standard InChI is InChI=1S/C26H18Cl2N2O3/c1-2-13-32-25-12-7-22(28)15-19(25)14-20(16-29)26(31)30-23-8-10-24(11-9-23)33-17-18-3-5-21(27)6-4-18/h1,3-12,14-15H,13,17H2,(H,30,31)/b20-14+. The summed E-state index contributed by atoms with van der Waals surface area (Å²) < 4.78 is 11.2. The van der Waals surface area contributed by atoms with E-state index >= 15 is 0 Å². The first-order valence-electron chi connectivity index (χ1n) is 9.75. The number of hydrogen-bond donors (Lipinski definition) is 1. The smallest absolute Gasteiger partial charge is 0.266 e. The number of halogens is 2. The Bertz CT molecular complexity index is 1240. The molecule has 0 radical (unpaired) electrons. The normalized spacial score (nSPS) is 10.6. The van der Waals surface area contributed by atoms with Crippen LogP contribution in [-0.2, 0) is 11.4 Å². The molecule has 3 aromatic carbocycles. The Kier molecular flexibility index (Phi) is 8.38. The predicted octanol–water partition coefficient (Wildman–Crippen LogP) is 6.13. The fourth-order valence-corrected chi connectivity index (χ4v) is 3.07. The van der Waals surface area contributed by atoms with Crippen LogP contribution in [-0.4, -0.2) is 12.5 Å². The molecule has 0 unspecified atom stereocenters. The largest absolute Gasteiger partial charge is 0.489 e. The minimum absolute atomic E-state index is 0.0446. The zero-order chi connectivity index (χ0) is 23.6. The van der Waals surface area contributed by atoms with Crippen LogP contribution in [0.4, 0.5) is 5.69 Å². The molecule has 0 aliphatic carbocycles. The number of rotatable bonds is 8. The van der Waals surface area contributed by atoms with Crippen LogP contribution in [0.5, 0.6) is 11.5 Å². The SMILES string of the molecule is C#CCOc1ccc(Cl)cc1/C=C(\C#N)C(=O)Nc1ccc(OCc2ccc(Cl)cc2)cc1. The molecule has 7 heteroatoms. The lowest BCUT2D eigenvalue weighted by molar-refractivity contribution is -0.112. The van der Waals surface area contributed by atoms with E-state index in [1.165, 1.54) is 6.08 Å². The molecule has 0 atom stereocenters. The fraction of sp³-hybridized carbons (Fsp3) is 0.0769. The summed E-state index contributed by atoms with van der Waals surface area (Å²) >= 11 is 11.9. The van der Waals surface area contributed by atoms with E-state index in [1.807, 2.05) is 18.2 Å². The zero-order valence-corrected chi connectivity index (χ0v) is 18.9. The molecule has 0 spiro atoms. The summed E-state index contributed by atoms with van der Waals surface area (Å²) in [5, 5.41) is 13.3. The van der Waals surface area contributed by atoms with Crippen molar-refractivity contribution in [2.24, 2.45) is 0 Å². The molecule has 0 bridgehead atoms. The number of hydrogen-bond acceptors (Lipinski definition) is 4. The molecule has 33 heavy (non-hydrogen) atoms. The summed E-state index contributed by atoms with van der Waals surface area (Å²) in [6, 6.07) is 20.9. The molecule has 1 N–H and O–H groups in total. The molecule has 0 saturated carbocycles. The monoisotopic (exact) mass is 476 g/mol. The van der Waals surface area contributed by atoms with Gasteiger partial charge in [-0.05, 0) is 66.2 Å². The minimum atomic E-state index is -0.574. The Morgan fingerprint density at radius 1 is 1.00 bits per heavy atom. The van der Waals surface area contributed by atoms with Crippen LogP contribution < -0.4 is 14.8 Å². The molecule has 0 aliphatic heterocycles. The van der Waals surface area contributed by atoms with Gasteiger partial charge in [-0.3, -0.25) is 4.79 Å². The van der Waals surface area contributed by atoms with Crippen molar-refractivity contribution in [2.45, 2.75) is 6.61 Å². The maximum Gasteiger partial charge on any atom is 0.266 e. The van der Waals surface area contributed by atoms with E-state index in [4.69, 9.17) is 39.1 Å². The van der Waals surface area contributed by atoms with Crippen molar-refractivity contribution in [3.05, 3.63) is 93.5 Å². The van der Waals surface area contributed by atoms with Gasteiger partial charge < -0.3 is 14.8 Å². The number of amides is 1. The molecule has 3 aromatic rings. The van der Waals surface area contributed by atoms with E-state index in [1.54, 1.807) is 54.6 Å². The van der Waals surface area contributed by atoms with Crippen molar-refractivity contribution >= 4 is 40.9 Å². The van der Waals surface area contributed by atoms with Crippen molar-refractivity contribution in [3.63, 3.8) is 0 Å². The van der Waals surface area contributed by atoms with E-state index < -0.39 is 5.91 Å². The first-order chi connectivity index (χ1) is 16.0. The van der Waals surface area contributed by atoms with Gasteiger partial charge in [-0.15, -0.1) is 6.42 Å². The van der Waals surface area contributed by atoms with Gasteiger partial charge in [0.15, 0.2) is 0 Å². The van der Waals surface area contributed by atoms with Crippen LogP contribution in [0.2, 0.25) is 10.0 Å². The van der Waals surface area contributed by atoms with Gasteiger partial charge in [-0.1, -0.05) is 41.3 Å². The van der Waals surface area contributed by atoms with Crippen LogP contribution >= 0.6 is 23.2 Å². The van der Waals surface area contributed by atoms with E-state index in [0.29, 0.717) is 39.4 Å². The molecule has 5 nitrogen and oxygen atoms in total. The summed E-state index contributed by atoms with van der Waals surface area (Å²) in [5.41, 5.74) is 1.84. The van der Waals surface area contributed by atoms with Crippen molar-refractivity contribution < 1.29 is 14.3 Å². The molecule has 1 amide bonds. The maximum absolute atomic E-state index is 12.6. The van der Waals surface area contributed by atoms with E-state index in [9.17, 15) is 10.1 Å². The number of terminal acetylenes is 1. The third-order valence-corrected chi connectivity index (χ3v) is 4.87. The quantitative estimate of drug-likeness (QED) is 0.241. The molecular weight excluding hydrogens is 459 g/mol. The minimum Gasteiger partial charge on any atom is -0.489 e. The number of anilines is 1. The lowest BCUT2D eigenvalue weighted by atomic mass is 10.1. The average molecular weight is 477 g/mol. The van der Waals surface area contributed by atoms with Crippen molar-refractivity contribution in [1.29, 1.82) is 5.26 Å². The predicted molar refractivity (Wildman–Crippen MR) is 130 cm³/mol.